The first-order valence-corrected chi connectivity index (χ1v) is 6.64. The summed E-state index contributed by atoms with van der Waals surface area (Å²) in [5.74, 6) is -0.376. The summed E-state index contributed by atoms with van der Waals surface area (Å²) in [6.45, 7) is 2.89. The quantitative estimate of drug-likeness (QED) is 0.913. The first kappa shape index (κ1) is 14.0. The maximum absolute atomic E-state index is 13.5. The highest BCUT2D eigenvalue weighted by molar-refractivity contribution is 6.30. The maximum Gasteiger partial charge on any atom is 0.142 e. The van der Waals surface area contributed by atoms with E-state index >= 15 is 0 Å². The highest BCUT2D eigenvalue weighted by Gasteiger charge is 2.15. The van der Waals surface area contributed by atoms with Gasteiger partial charge < -0.3 is 5.32 Å². The van der Waals surface area contributed by atoms with Crippen LogP contribution in [0.15, 0.2) is 30.5 Å². The summed E-state index contributed by atoms with van der Waals surface area (Å²) in [5.41, 5.74) is 1.99. The highest BCUT2D eigenvalue weighted by Crippen LogP contribution is 2.21. The molecule has 1 N–H and O–H groups in total. The molecule has 2 aromatic rings. The molecular weight excluding hydrogens is 265 g/mol. The molecule has 1 unspecified atom stereocenters. The maximum atomic E-state index is 13.5. The van der Waals surface area contributed by atoms with Gasteiger partial charge in [0.1, 0.15) is 5.82 Å². The molecule has 1 aromatic heterocycles. The molecular formula is C14H17ClFN3. The predicted octanol–water partition coefficient (Wildman–Crippen LogP) is 3.11. The van der Waals surface area contributed by atoms with Crippen molar-refractivity contribution in [2.75, 3.05) is 6.54 Å². The van der Waals surface area contributed by atoms with Crippen molar-refractivity contribution in [3.05, 3.63) is 52.6 Å². The number of aromatic nitrogens is 2. The SMILES string of the molecule is CCNC(Cc1ccc(Cl)c(F)c1)c1ccnn1C. The van der Waals surface area contributed by atoms with Crippen LogP contribution in [0.3, 0.4) is 0 Å². The van der Waals surface area contributed by atoms with Crippen LogP contribution >= 0.6 is 11.6 Å². The van der Waals surface area contributed by atoms with Gasteiger partial charge in [-0.1, -0.05) is 24.6 Å². The molecule has 0 radical (unpaired) electrons. The smallest absolute Gasteiger partial charge is 0.142 e. The second kappa shape index (κ2) is 6.17. The lowest BCUT2D eigenvalue weighted by Gasteiger charge is -2.18. The van der Waals surface area contributed by atoms with Crippen LogP contribution in [-0.4, -0.2) is 16.3 Å². The molecule has 0 aliphatic rings. The molecule has 0 amide bonds. The fraction of sp³-hybridized carbons (Fsp3) is 0.357. The van der Waals surface area contributed by atoms with E-state index in [2.05, 4.69) is 10.4 Å². The van der Waals surface area contributed by atoms with Gasteiger partial charge in [-0.25, -0.2) is 4.39 Å². The van der Waals surface area contributed by atoms with Gasteiger partial charge in [-0.2, -0.15) is 5.10 Å². The Kier molecular flexibility index (Phi) is 4.56. The zero-order valence-electron chi connectivity index (χ0n) is 11.0. The van der Waals surface area contributed by atoms with Gasteiger partial charge in [0.2, 0.25) is 0 Å². The lowest BCUT2D eigenvalue weighted by Crippen LogP contribution is -2.25. The lowest BCUT2D eigenvalue weighted by atomic mass is 10.0. The molecule has 0 aliphatic heterocycles. The summed E-state index contributed by atoms with van der Waals surface area (Å²) in [7, 11) is 1.90. The van der Waals surface area contributed by atoms with E-state index in [1.54, 1.807) is 12.3 Å². The van der Waals surface area contributed by atoms with Crippen LogP contribution < -0.4 is 5.32 Å². The highest BCUT2D eigenvalue weighted by atomic mass is 35.5. The summed E-state index contributed by atoms with van der Waals surface area (Å²) < 4.78 is 15.3. The summed E-state index contributed by atoms with van der Waals surface area (Å²) in [6, 6.07) is 7.02. The monoisotopic (exact) mass is 281 g/mol. The third-order valence-electron chi connectivity index (χ3n) is 3.09. The summed E-state index contributed by atoms with van der Waals surface area (Å²) in [4.78, 5) is 0. The predicted molar refractivity (Wildman–Crippen MR) is 74.7 cm³/mol. The van der Waals surface area contributed by atoms with Gasteiger partial charge in [0, 0.05) is 13.2 Å². The first-order chi connectivity index (χ1) is 9.11. The molecule has 0 aliphatic carbocycles. The minimum atomic E-state index is -0.376. The van der Waals surface area contributed by atoms with Crippen molar-refractivity contribution in [1.29, 1.82) is 0 Å². The average Bonchev–Trinajstić information content (AvgIpc) is 2.79. The summed E-state index contributed by atoms with van der Waals surface area (Å²) >= 11 is 5.70. The molecule has 1 atom stereocenters. The minimum absolute atomic E-state index is 0.109. The van der Waals surface area contributed by atoms with Crippen LogP contribution in [0, 0.1) is 5.82 Å². The van der Waals surface area contributed by atoms with Crippen LogP contribution in [0.25, 0.3) is 0 Å². The molecule has 102 valence electrons. The van der Waals surface area contributed by atoms with Gasteiger partial charge in [0.05, 0.1) is 16.8 Å². The molecule has 19 heavy (non-hydrogen) atoms. The third-order valence-corrected chi connectivity index (χ3v) is 3.40. The van der Waals surface area contributed by atoms with E-state index in [9.17, 15) is 4.39 Å². The van der Waals surface area contributed by atoms with Crippen molar-refractivity contribution < 1.29 is 4.39 Å². The van der Waals surface area contributed by atoms with E-state index in [4.69, 9.17) is 11.6 Å². The van der Waals surface area contributed by atoms with E-state index in [-0.39, 0.29) is 16.9 Å². The molecule has 0 saturated carbocycles. The lowest BCUT2D eigenvalue weighted by molar-refractivity contribution is 0.506. The molecule has 0 saturated heterocycles. The van der Waals surface area contributed by atoms with Crippen molar-refractivity contribution in [2.24, 2.45) is 7.05 Å². The average molecular weight is 282 g/mol. The minimum Gasteiger partial charge on any atom is -0.309 e. The Morgan fingerprint density at radius 1 is 1.42 bits per heavy atom. The first-order valence-electron chi connectivity index (χ1n) is 6.27. The van der Waals surface area contributed by atoms with E-state index in [1.807, 2.05) is 30.8 Å². The molecule has 0 spiro atoms. The topological polar surface area (TPSA) is 29.9 Å². The van der Waals surface area contributed by atoms with Crippen molar-refractivity contribution in [2.45, 2.75) is 19.4 Å². The number of likely N-dealkylation sites (N-methyl/N-ethyl adjacent to an activating group) is 1. The Bertz CT molecular complexity index is 553. The normalized spacial score (nSPS) is 12.6. The standard InChI is InChI=1S/C14H17ClFN3/c1-3-17-13(14-6-7-18-19(14)2)9-10-4-5-11(15)12(16)8-10/h4-8,13,17H,3,9H2,1-2H3. The Hall–Kier alpha value is -1.39. The molecule has 5 heteroatoms. The van der Waals surface area contributed by atoms with Gasteiger partial charge in [0.15, 0.2) is 0 Å². The van der Waals surface area contributed by atoms with Crippen molar-refractivity contribution in [1.82, 2.24) is 15.1 Å². The van der Waals surface area contributed by atoms with E-state index < -0.39 is 0 Å². The zero-order valence-corrected chi connectivity index (χ0v) is 11.8. The van der Waals surface area contributed by atoms with Crippen LogP contribution in [0.1, 0.15) is 24.2 Å². The van der Waals surface area contributed by atoms with Crippen LogP contribution in [0.4, 0.5) is 4.39 Å². The van der Waals surface area contributed by atoms with E-state index in [1.165, 1.54) is 6.07 Å². The molecule has 0 fully saturated rings. The number of hydrogen-bond acceptors (Lipinski definition) is 2. The Morgan fingerprint density at radius 3 is 2.79 bits per heavy atom. The Balaban J connectivity index is 2.21. The third kappa shape index (κ3) is 3.33. The van der Waals surface area contributed by atoms with E-state index in [0.29, 0.717) is 6.42 Å². The Morgan fingerprint density at radius 2 is 2.21 bits per heavy atom. The van der Waals surface area contributed by atoms with Crippen molar-refractivity contribution in [3.8, 4) is 0 Å². The number of nitrogens with one attached hydrogen (secondary N) is 1. The number of benzene rings is 1. The van der Waals surface area contributed by atoms with Crippen LogP contribution in [0.5, 0.6) is 0 Å². The van der Waals surface area contributed by atoms with Crippen molar-refractivity contribution >= 4 is 11.6 Å². The summed E-state index contributed by atoms with van der Waals surface area (Å²) in [6.07, 6.45) is 2.46. The summed E-state index contributed by atoms with van der Waals surface area (Å²) in [5, 5.41) is 7.72. The molecule has 2 rings (SSSR count). The molecule has 1 aromatic carbocycles. The molecule has 0 bridgehead atoms. The number of aryl methyl sites for hydroxylation is 1. The molecule has 1 heterocycles. The van der Waals surface area contributed by atoms with Gasteiger partial charge in [-0.15, -0.1) is 0 Å². The van der Waals surface area contributed by atoms with Gasteiger partial charge in [-0.3, -0.25) is 4.68 Å². The number of rotatable bonds is 5. The van der Waals surface area contributed by atoms with Crippen molar-refractivity contribution in [3.63, 3.8) is 0 Å². The zero-order chi connectivity index (χ0) is 13.8. The fourth-order valence-electron chi connectivity index (χ4n) is 2.16. The number of nitrogens with zero attached hydrogens (tertiary/aromatic N) is 2. The van der Waals surface area contributed by atoms with Crippen LogP contribution in [0.2, 0.25) is 5.02 Å². The van der Waals surface area contributed by atoms with E-state index in [0.717, 1.165) is 17.8 Å². The van der Waals surface area contributed by atoms with Crippen LogP contribution in [-0.2, 0) is 13.5 Å². The fourth-order valence-corrected chi connectivity index (χ4v) is 2.27. The molecule has 3 nitrogen and oxygen atoms in total. The number of hydrogen-bond donors (Lipinski definition) is 1. The second-order valence-electron chi connectivity index (χ2n) is 4.44. The Labute approximate surface area is 117 Å². The second-order valence-corrected chi connectivity index (χ2v) is 4.85. The van der Waals surface area contributed by atoms with Gasteiger partial charge >= 0.3 is 0 Å². The van der Waals surface area contributed by atoms with Gasteiger partial charge in [-0.05, 0) is 36.7 Å². The largest absolute Gasteiger partial charge is 0.309 e. The van der Waals surface area contributed by atoms with Gasteiger partial charge in [0.25, 0.3) is 0 Å². The number of halogens is 2.